The molecule has 0 aromatic carbocycles. The molecule has 0 amide bonds. The third-order valence-corrected chi connectivity index (χ3v) is 7.24. The quantitative estimate of drug-likeness (QED) is 0.294. The molecule has 0 bridgehead atoms. The fraction of sp³-hybridized carbons (Fsp3) is 0.370. The largest absolute Gasteiger partial charge is 0.366 e. The molecule has 4 aromatic heterocycles. The second kappa shape index (κ2) is 9.46. The number of aromatic nitrogens is 5. The molecule has 0 unspecified atom stereocenters. The van der Waals surface area contributed by atoms with E-state index >= 15 is 0 Å². The van der Waals surface area contributed by atoms with Crippen molar-refractivity contribution < 1.29 is 13.2 Å². The minimum absolute atomic E-state index is 0.00746. The third kappa shape index (κ3) is 4.73. The van der Waals surface area contributed by atoms with Gasteiger partial charge in [0.1, 0.15) is 11.6 Å². The average Bonchev–Trinajstić information content (AvgIpc) is 3.73. The van der Waals surface area contributed by atoms with Gasteiger partial charge in [-0.05, 0) is 54.8 Å². The molecule has 8 nitrogen and oxygen atoms in total. The molecule has 5 heterocycles. The van der Waals surface area contributed by atoms with Crippen LogP contribution >= 0.6 is 0 Å². The molecule has 1 aliphatic heterocycles. The summed E-state index contributed by atoms with van der Waals surface area (Å²) in [6, 6.07) is 3.89. The summed E-state index contributed by atoms with van der Waals surface area (Å²) in [5.41, 5.74) is 2.47. The molecule has 1 atom stereocenters. The zero-order chi connectivity index (χ0) is 26.4. The monoisotopic (exact) mass is 520 g/mol. The number of pyridine rings is 3. The number of hydrogen-bond donors (Lipinski definition) is 3. The first-order valence-electron chi connectivity index (χ1n) is 12.7. The molecular weight excluding hydrogens is 493 g/mol. The van der Waals surface area contributed by atoms with Crippen LogP contribution in [0.2, 0.25) is 0 Å². The lowest BCUT2D eigenvalue weighted by Crippen LogP contribution is -2.49. The molecule has 11 heteroatoms. The van der Waals surface area contributed by atoms with Crippen LogP contribution in [0.25, 0.3) is 22.3 Å². The Hall–Kier alpha value is -3.86. The SMILES string of the molecule is CC1(C)CNCC[C@@H]1Nc1nc(-c2ccnc(Nc3nc(F)cc(F)c3F)c2)nc2cncc(C3CC3)c12. The predicted molar refractivity (Wildman–Crippen MR) is 139 cm³/mol. The van der Waals surface area contributed by atoms with Crippen molar-refractivity contribution in [1.29, 1.82) is 0 Å². The fourth-order valence-electron chi connectivity index (χ4n) is 4.96. The highest BCUT2D eigenvalue weighted by Gasteiger charge is 2.34. The molecule has 3 N–H and O–H groups in total. The smallest absolute Gasteiger partial charge is 0.217 e. The minimum Gasteiger partial charge on any atom is -0.366 e. The zero-order valence-corrected chi connectivity index (χ0v) is 21.0. The second-order valence-corrected chi connectivity index (χ2v) is 10.6. The van der Waals surface area contributed by atoms with E-state index in [2.05, 4.69) is 44.7 Å². The molecule has 2 fully saturated rings. The van der Waals surface area contributed by atoms with Gasteiger partial charge in [-0.2, -0.15) is 13.8 Å². The van der Waals surface area contributed by atoms with Gasteiger partial charge in [-0.1, -0.05) is 13.8 Å². The van der Waals surface area contributed by atoms with Gasteiger partial charge in [0.2, 0.25) is 11.8 Å². The summed E-state index contributed by atoms with van der Waals surface area (Å²) >= 11 is 0. The van der Waals surface area contributed by atoms with Gasteiger partial charge < -0.3 is 16.0 Å². The highest BCUT2D eigenvalue weighted by atomic mass is 19.2. The van der Waals surface area contributed by atoms with Gasteiger partial charge in [-0.3, -0.25) is 4.98 Å². The molecule has 38 heavy (non-hydrogen) atoms. The first-order chi connectivity index (χ1) is 18.3. The Kier molecular flexibility index (Phi) is 6.10. The van der Waals surface area contributed by atoms with Crippen molar-refractivity contribution in [2.24, 2.45) is 5.41 Å². The summed E-state index contributed by atoms with van der Waals surface area (Å²) in [4.78, 5) is 21.8. The number of nitrogens with one attached hydrogen (secondary N) is 3. The van der Waals surface area contributed by atoms with E-state index in [1.807, 2.05) is 6.20 Å². The van der Waals surface area contributed by atoms with Crippen molar-refractivity contribution in [3.63, 3.8) is 0 Å². The van der Waals surface area contributed by atoms with E-state index in [-0.39, 0.29) is 17.3 Å². The molecule has 0 spiro atoms. The van der Waals surface area contributed by atoms with Gasteiger partial charge in [0.05, 0.1) is 11.7 Å². The normalized spacial score (nSPS) is 18.9. The lowest BCUT2D eigenvalue weighted by atomic mass is 9.80. The maximum absolute atomic E-state index is 14.2. The van der Waals surface area contributed by atoms with Crippen LogP contribution in [0.4, 0.5) is 30.6 Å². The van der Waals surface area contributed by atoms with E-state index in [4.69, 9.17) is 9.97 Å². The first-order valence-corrected chi connectivity index (χ1v) is 12.7. The van der Waals surface area contributed by atoms with Crippen LogP contribution in [0, 0.1) is 23.0 Å². The molecule has 1 saturated heterocycles. The molecule has 6 rings (SSSR count). The first kappa shape index (κ1) is 24.5. The van der Waals surface area contributed by atoms with E-state index < -0.39 is 23.4 Å². The maximum atomic E-state index is 14.2. The number of nitrogens with zero attached hydrogens (tertiary/aromatic N) is 5. The van der Waals surface area contributed by atoms with Crippen LogP contribution in [0.5, 0.6) is 0 Å². The van der Waals surface area contributed by atoms with Gasteiger partial charge in [0.15, 0.2) is 17.5 Å². The summed E-state index contributed by atoms with van der Waals surface area (Å²) in [6.45, 7) is 6.27. The lowest BCUT2D eigenvalue weighted by molar-refractivity contribution is 0.236. The molecule has 2 aliphatic rings. The molecule has 1 aliphatic carbocycles. The van der Waals surface area contributed by atoms with Crippen LogP contribution in [0.1, 0.15) is 44.6 Å². The molecule has 0 radical (unpaired) electrons. The summed E-state index contributed by atoms with van der Waals surface area (Å²) in [5, 5.41) is 10.7. The van der Waals surface area contributed by atoms with E-state index in [0.29, 0.717) is 23.4 Å². The fourth-order valence-corrected chi connectivity index (χ4v) is 4.96. The number of halogens is 3. The Labute approximate surface area is 217 Å². The number of piperidine rings is 1. The number of rotatable bonds is 6. The topological polar surface area (TPSA) is 101 Å². The lowest BCUT2D eigenvalue weighted by Gasteiger charge is -2.40. The summed E-state index contributed by atoms with van der Waals surface area (Å²) < 4.78 is 41.4. The Morgan fingerprint density at radius 2 is 1.84 bits per heavy atom. The van der Waals surface area contributed by atoms with Crippen molar-refractivity contribution in [2.45, 2.75) is 45.1 Å². The van der Waals surface area contributed by atoms with E-state index in [1.165, 1.54) is 6.20 Å². The summed E-state index contributed by atoms with van der Waals surface area (Å²) in [7, 11) is 0. The molecular formula is C27H27F3N8. The van der Waals surface area contributed by atoms with Crippen molar-refractivity contribution >= 4 is 28.4 Å². The van der Waals surface area contributed by atoms with Crippen molar-refractivity contribution in [3.8, 4) is 11.4 Å². The van der Waals surface area contributed by atoms with Crippen LogP contribution < -0.4 is 16.0 Å². The Bertz CT molecular complexity index is 1520. The van der Waals surface area contributed by atoms with Gasteiger partial charge in [0.25, 0.3) is 0 Å². The Balaban J connectivity index is 1.42. The van der Waals surface area contributed by atoms with Gasteiger partial charge >= 0.3 is 0 Å². The standard InChI is InChI=1S/C27H27F3N8/c1-27(2)13-31-7-6-19(27)35-25-22-16(14-3-4-14)11-32-12-18(22)34-24(38-25)15-5-8-33-21(9-15)37-26-23(30)17(28)10-20(29)36-26/h5,8-12,14,19,31H,3-4,6-7,13H2,1-2H3,(H,33,36,37)(H,34,35,38)/t19-/m0/s1. The van der Waals surface area contributed by atoms with E-state index in [9.17, 15) is 13.2 Å². The van der Waals surface area contributed by atoms with Gasteiger partial charge in [0, 0.05) is 42.0 Å². The minimum atomic E-state index is -1.34. The van der Waals surface area contributed by atoms with Crippen molar-refractivity contribution in [1.82, 2.24) is 30.2 Å². The number of anilines is 3. The highest BCUT2D eigenvalue weighted by Crippen LogP contribution is 2.44. The molecule has 1 saturated carbocycles. The summed E-state index contributed by atoms with van der Waals surface area (Å²) in [6.07, 6.45) is 8.32. The van der Waals surface area contributed by atoms with Gasteiger partial charge in [-0.25, -0.2) is 19.3 Å². The Morgan fingerprint density at radius 3 is 2.63 bits per heavy atom. The zero-order valence-electron chi connectivity index (χ0n) is 21.0. The second-order valence-electron chi connectivity index (χ2n) is 10.6. The summed E-state index contributed by atoms with van der Waals surface area (Å²) in [5.74, 6) is -2.61. The maximum Gasteiger partial charge on any atom is 0.217 e. The number of hydrogen-bond acceptors (Lipinski definition) is 8. The third-order valence-electron chi connectivity index (χ3n) is 7.24. The van der Waals surface area contributed by atoms with Crippen LogP contribution in [-0.4, -0.2) is 44.1 Å². The van der Waals surface area contributed by atoms with Gasteiger partial charge in [-0.15, -0.1) is 0 Å². The highest BCUT2D eigenvalue weighted by molar-refractivity contribution is 5.93. The molecule has 4 aromatic rings. The van der Waals surface area contributed by atoms with Crippen LogP contribution in [-0.2, 0) is 0 Å². The van der Waals surface area contributed by atoms with E-state index in [0.717, 1.165) is 54.6 Å². The number of fused-ring (bicyclic) bond motifs is 1. The van der Waals surface area contributed by atoms with E-state index in [1.54, 1.807) is 18.3 Å². The van der Waals surface area contributed by atoms with Crippen molar-refractivity contribution in [2.75, 3.05) is 23.7 Å². The predicted octanol–water partition coefficient (Wildman–Crippen LogP) is 5.32. The van der Waals surface area contributed by atoms with Crippen LogP contribution in [0.3, 0.4) is 0 Å². The molecule has 196 valence electrons. The average molecular weight is 521 g/mol. The van der Waals surface area contributed by atoms with Crippen LogP contribution in [0.15, 0.2) is 36.8 Å². The van der Waals surface area contributed by atoms with Crippen molar-refractivity contribution in [3.05, 3.63) is 59.9 Å². The Morgan fingerprint density at radius 1 is 1.00 bits per heavy atom.